The summed E-state index contributed by atoms with van der Waals surface area (Å²) in [7, 11) is 0. The lowest BCUT2D eigenvalue weighted by Gasteiger charge is -2.09. The number of hydrogen-bond acceptors (Lipinski definition) is 5. The maximum atomic E-state index is 11.0. The van der Waals surface area contributed by atoms with Crippen molar-refractivity contribution in [1.29, 1.82) is 0 Å². The molecule has 0 saturated carbocycles. The van der Waals surface area contributed by atoms with Crippen LogP contribution in [-0.2, 0) is 14.3 Å². The number of carbonyl (C=O) groups excluding carboxylic acids is 1. The molecule has 6 nitrogen and oxygen atoms in total. The topological polar surface area (TPSA) is 95.9 Å². The molecule has 1 heterocycles. The van der Waals surface area contributed by atoms with Gasteiger partial charge >= 0.3 is 11.9 Å². The summed E-state index contributed by atoms with van der Waals surface area (Å²) in [5, 5.41) is 19.8. The molecule has 0 aliphatic carbocycles. The summed E-state index contributed by atoms with van der Waals surface area (Å²) in [6.45, 7) is 0.770. The Bertz CT molecular complexity index is 267. The van der Waals surface area contributed by atoms with Gasteiger partial charge in [0.15, 0.2) is 6.23 Å². The Hall–Kier alpha value is -1.56. The smallest absolute Gasteiger partial charge is 0.371 e. The summed E-state index contributed by atoms with van der Waals surface area (Å²) < 4.78 is 4.78. The molecule has 0 spiro atoms. The fraction of sp³-hybridized carbons (Fsp3) is 0.500. The molecule has 0 aromatic rings. The van der Waals surface area contributed by atoms with Crippen molar-refractivity contribution >= 4 is 11.9 Å². The van der Waals surface area contributed by atoms with Gasteiger partial charge in [0.05, 0.1) is 6.08 Å². The van der Waals surface area contributed by atoms with E-state index in [1.54, 1.807) is 0 Å². The second kappa shape index (κ2) is 4.61. The summed E-state index contributed by atoms with van der Waals surface area (Å²) in [5.74, 6) is -3.43. The molecule has 1 aliphatic rings. The number of esters is 1. The molecule has 0 aromatic carbocycles. The number of aliphatic hydroxyl groups is 1. The Morgan fingerprint density at radius 1 is 1.43 bits per heavy atom. The largest absolute Gasteiger partial charge is 0.502 e. The van der Waals surface area contributed by atoms with Gasteiger partial charge in [-0.05, 0) is 19.4 Å². The van der Waals surface area contributed by atoms with Crippen molar-refractivity contribution in [2.45, 2.75) is 19.1 Å². The van der Waals surface area contributed by atoms with Gasteiger partial charge in [-0.2, -0.15) is 0 Å². The molecule has 0 bridgehead atoms. The van der Waals surface area contributed by atoms with Crippen LogP contribution in [0, 0.1) is 0 Å². The van der Waals surface area contributed by atoms with Crippen molar-refractivity contribution in [3.05, 3.63) is 11.8 Å². The molecule has 0 aromatic heterocycles. The van der Waals surface area contributed by atoms with Crippen molar-refractivity contribution in [1.82, 2.24) is 5.32 Å². The van der Waals surface area contributed by atoms with Gasteiger partial charge in [-0.3, -0.25) is 5.32 Å². The highest BCUT2D eigenvalue weighted by molar-refractivity contribution is 5.93. The van der Waals surface area contributed by atoms with Crippen molar-refractivity contribution in [2.24, 2.45) is 0 Å². The van der Waals surface area contributed by atoms with Gasteiger partial charge in [-0.15, -0.1) is 0 Å². The summed E-state index contributed by atoms with van der Waals surface area (Å²) in [6, 6.07) is 0. The van der Waals surface area contributed by atoms with E-state index in [0.29, 0.717) is 12.5 Å². The summed E-state index contributed by atoms with van der Waals surface area (Å²) >= 11 is 0. The second-order valence-corrected chi connectivity index (χ2v) is 2.86. The number of carboxylic acids is 1. The number of aliphatic hydroxyl groups excluding tert-OH is 1. The lowest BCUT2D eigenvalue weighted by Crippen LogP contribution is -2.27. The summed E-state index contributed by atoms with van der Waals surface area (Å²) in [5.41, 5.74) is 0. The Kier molecular flexibility index (Phi) is 3.47. The maximum Gasteiger partial charge on any atom is 0.371 e. The van der Waals surface area contributed by atoms with Crippen LogP contribution in [0.5, 0.6) is 0 Å². The molecular formula is C8H11NO5. The Morgan fingerprint density at radius 3 is 2.64 bits per heavy atom. The first kappa shape index (κ1) is 10.5. The number of ether oxygens (including phenoxy) is 1. The number of hydrogen-bond donors (Lipinski definition) is 3. The molecule has 0 radical (unpaired) electrons. The third-order valence-corrected chi connectivity index (χ3v) is 1.75. The van der Waals surface area contributed by atoms with E-state index in [1.165, 1.54) is 0 Å². The molecule has 1 rings (SSSR count). The lowest BCUT2D eigenvalue weighted by atomic mass is 10.3. The quantitative estimate of drug-likeness (QED) is 0.331. The van der Waals surface area contributed by atoms with E-state index in [-0.39, 0.29) is 6.23 Å². The molecular weight excluding hydrogens is 190 g/mol. The van der Waals surface area contributed by atoms with Crippen LogP contribution < -0.4 is 5.32 Å². The normalized spacial score (nSPS) is 22.0. The predicted octanol–water partition coefficient (Wildman–Crippen LogP) is -0.234. The van der Waals surface area contributed by atoms with Crippen molar-refractivity contribution < 1.29 is 24.5 Å². The zero-order valence-corrected chi connectivity index (χ0v) is 7.40. The summed E-state index contributed by atoms with van der Waals surface area (Å²) in [6.07, 6.45) is 1.78. The van der Waals surface area contributed by atoms with Gasteiger partial charge in [-0.25, -0.2) is 9.59 Å². The molecule has 1 aliphatic heterocycles. The minimum absolute atomic E-state index is 0.375. The minimum atomic E-state index is -1.55. The fourth-order valence-corrected chi connectivity index (χ4v) is 1.10. The molecule has 1 fully saturated rings. The molecule has 1 atom stereocenters. The van der Waals surface area contributed by atoms with E-state index in [1.807, 2.05) is 0 Å². The number of nitrogens with one attached hydrogen (secondary N) is 1. The number of carboxylic acid groups (broad SMARTS) is 1. The van der Waals surface area contributed by atoms with Crippen LogP contribution in [-0.4, -0.2) is 34.9 Å². The molecule has 1 saturated heterocycles. The lowest BCUT2D eigenvalue weighted by molar-refractivity contribution is -0.145. The Labute approximate surface area is 80.2 Å². The van der Waals surface area contributed by atoms with Crippen LogP contribution in [0.2, 0.25) is 0 Å². The van der Waals surface area contributed by atoms with Crippen LogP contribution in [0.3, 0.4) is 0 Å². The molecule has 3 N–H and O–H groups in total. The first-order chi connectivity index (χ1) is 6.59. The van der Waals surface area contributed by atoms with E-state index in [2.05, 4.69) is 5.32 Å². The zero-order valence-electron chi connectivity index (χ0n) is 7.40. The third-order valence-electron chi connectivity index (χ3n) is 1.75. The molecule has 0 amide bonds. The van der Waals surface area contributed by atoms with E-state index >= 15 is 0 Å². The highest BCUT2D eigenvalue weighted by Gasteiger charge is 2.18. The highest BCUT2D eigenvalue weighted by Crippen LogP contribution is 2.06. The van der Waals surface area contributed by atoms with Gasteiger partial charge in [0, 0.05) is 0 Å². The van der Waals surface area contributed by atoms with Crippen LogP contribution in [0.4, 0.5) is 0 Å². The van der Waals surface area contributed by atoms with E-state index in [0.717, 1.165) is 13.0 Å². The van der Waals surface area contributed by atoms with E-state index in [4.69, 9.17) is 14.9 Å². The zero-order chi connectivity index (χ0) is 10.6. The second-order valence-electron chi connectivity index (χ2n) is 2.86. The molecule has 6 heteroatoms. The van der Waals surface area contributed by atoms with Crippen molar-refractivity contribution in [3.63, 3.8) is 0 Å². The highest BCUT2D eigenvalue weighted by atomic mass is 16.6. The molecule has 1 unspecified atom stereocenters. The maximum absolute atomic E-state index is 11.0. The Balaban J connectivity index is 2.41. The molecule has 14 heavy (non-hydrogen) atoms. The number of carbonyl (C=O) groups is 2. The Morgan fingerprint density at radius 2 is 2.14 bits per heavy atom. The van der Waals surface area contributed by atoms with Gasteiger partial charge in [0.1, 0.15) is 0 Å². The van der Waals surface area contributed by atoms with Crippen molar-refractivity contribution in [2.75, 3.05) is 6.54 Å². The minimum Gasteiger partial charge on any atom is -0.502 e. The van der Waals surface area contributed by atoms with Crippen LogP contribution in [0.15, 0.2) is 11.8 Å². The van der Waals surface area contributed by atoms with Crippen LogP contribution in [0.1, 0.15) is 12.8 Å². The average molecular weight is 201 g/mol. The van der Waals surface area contributed by atoms with Crippen LogP contribution >= 0.6 is 0 Å². The fourth-order valence-electron chi connectivity index (χ4n) is 1.10. The molecule has 78 valence electrons. The first-order valence-corrected chi connectivity index (χ1v) is 4.17. The first-order valence-electron chi connectivity index (χ1n) is 4.17. The number of aliphatic carboxylic acids is 1. The van der Waals surface area contributed by atoms with E-state index < -0.39 is 17.7 Å². The van der Waals surface area contributed by atoms with E-state index in [9.17, 15) is 9.59 Å². The van der Waals surface area contributed by atoms with Gasteiger partial charge in [0.2, 0.25) is 5.76 Å². The average Bonchev–Trinajstić information content (AvgIpc) is 2.56. The van der Waals surface area contributed by atoms with Gasteiger partial charge < -0.3 is 14.9 Å². The predicted molar refractivity (Wildman–Crippen MR) is 45.5 cm³/mol. The van der Waals surface area contributed by atoms with Gasteiger partial charge in [-0.1, -0.05) is 0 Å². The monoisotopic (exact) mass is 201 g/mol. The van der Waals surface area contributed by atoms with Gasteiger partial charge in [0.25, 0.3) is 0 Å². The van der Waals surface area contributed by atoms with Crippen molar-refractivity contribution in [3.8, 4) is 0 Å². The number of rotatable bonds is 3. The standard InChI is InChI=1S/C8H11NO5/c10-5(8(12)13)4-7(11)14-6-2-1-3-9-6/h4,6,9-10H,1-3H2,(H,12,13)/b5-4+. The van der Waals surface area contributed by atoms with Crippen LogP contribution in [0.25, 0.3) is 0 Å². The summed E-state index contributed by atoms with van der Waals surface area (Å²) in [4.78, 5) is 21.1. The SMILES string of the molecule is O=C(/C=C(/O)C(=O)O)OC1CCCN1. The third kappa shape index (κ3) is 3.06.